The Morgan fingerprint density at radius 3 is 2.54 bits per heavy atom. The van der Waals surface area contributed by atoms with Gasteiger partial charge in [0.15, 0.2) is 0 Å². The summed E-state index contributed by atoms with van der Waals surface area (Å²) in [5.74, 6) is -0.546. The normalized spacial score (nSPS) is 10.5. The van der Waals surface area contributed by atoms with E-state index < -0.39 is 11.9 Å². The van der Waals surface area contributed by atoms with E-state index >= 15 is 0 Å². The van der Waals surface area contributed by atoms with Crippen LogP contribution in [0.3, 0.4) is 0 Å². The zero-order valence-corrected chi connectivity index (χ0v) is 13.9. The van der Waals surface area contributed by atoms with Crippen LogP contribution < -0.4 is 10.1 Å². The quantitative estimate of drug-likeness (QED) is 0.848. The van der Waals surface area contributed by atoms with Gasteiger partial charge in [-0.25, -0.2) is 9.78 Å². The molecule has 2 aromatic rings. The van der Waals surface area contributed by atoms with E-state index in [1.165, 1.54) is 12.1 Å². The highest BCUT2D eigenvalue weighted by Crippen LogP contribution is 2.24. The highest BCUT2D eigenvalue weighted by atomic mass is 16.5. The molecule has 0 aliphatic heterocycles. The average molecular weight is 328 g/mol. The minimum Gasteiger partial charge on any atom is -0.491 e. The monoisotopic (exact) mass is 328 g/mol. The molecule has 1 aromatic heterocycles. The number of anilines is 1. The third-order valence-corrected chi connectivity index (χ3v) is 3.26. The summed E-state index contributed by atoms with van der Waals surface area (Å²) in [5, 5.41) is 11.8. The number of carbonyl (C=O) groups excluding carboxylic acids is 1. The number of nitrogens with one attached hydrogen (secondary N) is 1. The number of aromatic nitrogens is 1. The van der Waals surface area contributed by atoms with E-state index in [9.17, 15) is 9.59 Å². The first-order valence-corrected chi connectivity index (χ1v) is 7.62. The fraction of sp³-hybridized carbons (Fsp3) is 0.278. The summed E-state index contributed by atoms with van der Waals surface area (Å²) in [6.45, 7) is 6.17. The summed E-state index contributed by atoms with van der Waals surface area (Å²) < 4.78 is 5.70. The second kappa shape index (κ2) is 7.59. The van der Waals surface area contributed by atoms with Crippen LogP contribution >= 0.6 is 0 Å². The fourth-order valence-electron chi connectivity index (χ4n) is 2.05. The van der Waals surface area contributed by atoms with Gasteiger partial charge in [0.2, 0.25) is 0 Å². The zero-order valence-electron chi connectivity index (χ0n) is 13.9. The number of carboxylic acid groups (broad SMARTS) is 1. The summed E-state index contributed by atoms with van der Waals surface area (Å²) in [6.07, 6.45) is 0. The number of carbonyl (C=O) groups is 2. The first-order valence-electron chi connectivity index (χ1n) is 7.62. The molecular weight excluding hydrogens is 308 g/mol. The molecule has 24 heavy (non-hydrogen) atoms. The number of para-hydroxylation sites is 2. The van der Waals surface area contributed by atoms with Crippen LogP contribution in [0.15, 0.2) is 36.4 Å². The Hall–Kier alpha value is -2.89. The van der Waals surface area contributed by atoms with E-state index in [4.69, 9.17) is 9.84 Å². The van der Waals surface area contributed by atoms with E-state index in [0.29, 0.717) is 29.7 Å². The number of amides is 1. The molecule has 0 unspecified atom stereocenters. The maximum Gasteiger partial charge on any atom is 0.337 e. The summed E-state index contributed by atoms with van der Waals surface area (Å²) in [5.41, 5.74) is 1.06. The fourth-order valence-corrected chi connectivity index (χ4v) is 2.05. The lowest BCUT2D eigenvalue weighted by Crippen LogP contribution is -2.16. The van der Waals surface area contributed by atoms with Crippen LogP contribution in [0, 0.1) is 12.8 Å². The number of rotatable bonds is 6. The number of hydrogen-bond acceptors (Lipinski definition) is 4. The summed E-state index contributed by atoms with van der Waals surface area (Å²) in [6, 6.07) is 9.92. The maximum atomic E-state index is 12.4. The molecule has 0 radical (unpaired) electrons. The SMILES string of the molecule is Cc1nc(C(=O)Nc2ccccc2OCC(C)C)ccc1C(=O)O. The molecule has 0 bridgehead atoms. The highest BCUT2D eigenvalue weighted by Gasteiger charge is 2.15. The molecule has 1 heterocycles. The van der Waals surface area contributed by atoms with Gasteiger partial charge in [0.05, 0.1) is 23.6 Å². The van der Waals surface area contributed by atoms with Crippen molar-refractivity contribution in [2.24, 2.45) is 5.92 Å². The Balaban J connectivity index is 2.18. The van der Waals surface area contributed by atoms with Crippen molar-refractivity contribution in [3.8, 4) is 5.75 Å². The number of hydrogen-bond donors (Lipinski definition) is 2. The minimum atomic E-state index is -1.07. The molecule has 0 saturated carbocycles. The molecule has 0 aliphatic rings. The van der Waals surface area contributed by atoms with E-state index in [2.05, 4.69) is 10.3 Å². The lowest BCUT2D eigenvalue weighted by atomic mass is 10.2. The van der Waals surface area contributed by atoms with Gasteiger partial charge < -0.3 is 15.2 Å². The van der Waals surface area contributed by atoms with Crippen LogP contribution in [0.25, 0.3) is 0 Å². The van der Waals surface area contributed by atoms with E-state index in [0.717, 1.165) is 0 Å². The van der Waals surface area contributed by atoms with Crippen molar-refractivity contribution in [3.05, 3.63) is 53.3 Å². The molecule has 2 N–H and O–H groups in total. The smallest absolute Gasteiger partial charge is 0.337 e. The second-order valence-corrected chi connectivity index (χ2v) is 5.79. The van der Waals surface area contributed by atoms with Crippen molar-refractivity contribution in [2.45, 2.75) is 20.8 Å². The molecule has 2 rings (SSSR count). The standard InChI is InChI=1S/C18H20N2O4/c1-11(2)10-24-16-7-5-4-6-14(16)20-17(21)15-9-8-13(18(22)23)12(3)19-15/h4-9,11H,10H2,1-3H3,(H,20,21)(H,22,23). The lowest BCUT2D eigenvalue weighted by Gasteiger charge is -2.14. The summed E-state index contributed by atoms with van der Waals surface area (Å²) >= 11 is 0. The Labute approximate surface area is 140 Å². The number of aromatic carboxylic acids is 1. The lowest BCUT2D eigenvalue weighted by molar-refractivity contribution is 0.0695. The van der Waals surface area contributed by atoms with E-state index in [1.807, 2.05) is 19.9 Å². The molecule has 0 spiro atoms. The molecule has 6 nitrogen and oxygen atoms in total. The van der Waals surface area contributed by atoms with Crippen LogP contribution in [-0.4, -0.2) is 28.6 Å². The van der Waals surface area contributed by atoms with E-state index in [-0.39, 0.29) is 11.3 Å². The van der Waals surface area contributed by atoms with E-state index in [1.54, 1.807) is 25.1 Å². The summed E-state index contributed by atoms with van der Waals surface area (Å²) in [4.78, 5) is 27.4. The topological polar surface area (TPSA) is 88.5 Å². The van der Waals surface area contributed by atoms with Crippen LogP contribution in [0.2, 0.25) is 0 Å². The van der Waals surface area contributed by atoms with Crippen molar-refractivity contribution < 1.29 is 19.4 Å². The van der Waals surface area contributed by atoms with Gasteiger partial charge in [0, 0.05) is 0 Å². The number of benzene rings is 1. The van der Waals surface area contributed by atoms with Gasteiger partial charge in [-0.05, 0) is 37.1 Å². The molecule has 0 aliphatic carbocycles. The van der Waals surface area contributed by atoms with Crippen molar-refractivity contribution >= 4 is 17.6 Å². The molecule has 126 valence electrons. The predicted molar refractivity (Wildman–Crippen MR) is 90.7 cm³/mol. The van der Waals surface area contributed by atoms with Gasteiger partial charge in [0.1, 0.15) is 11.4 Å². The average Bonchev–Trinajstić information content (AvgIpc) is 2.53. The zero-order chi connectivity index (χ0) is 17.7. The number of nitrogens with zero attached hydrogens (tertiary/aromatic N) is 1. The number of carboxylic acids is 1. The Kier molecular flexibility index (Phi) is 5.52. The maximum absolute atomic E-state index is 12.4. The Morgan fingerprint density at radius 1 is 1.21 bits per heavy atom. The van der Waals surface area contributed by atoms with Gasteiger partial charge in [0.25, 0.3) is 5.91 Å². The van der Waals surface area contributed by atoms with Crippen molar-refractivity contribution in [2.75, 3.05) is 11.9 Å². The summed E-state index contributed by atoms with van der Waals surface area (Å²) in [7, 11) is 0. The molecule has 0 fully saturated rings. The molecule has 6 heteroatoms. The number of ether oxygens (including phenoxy) is 1. The molecule has 0 saturated heterocycles. The minimum absolute atomic E-state index is 0.0761. The molecular formula is C18H20N2O4. The van der Waals surface area contributed by atoms with Gasteiger partial charge in [-0.1, -0.05) is 26.0 Å². The Bertz CT molecular complexity index is 756. The molecule has 1 aromatic carbocycles. The number of pyridine rings is 1. The molecule has 1 amide bonds. The van der Waals surface area contributed by atoms with Crippen LogP contribution in [0.4, 0.5) is 5.69 Å². The third kappa shape index (κ3) is 4.32. The Morgan fingerprint density at radius 2 is 1.92 bits per heavy atom. The van der Waals surface area contributed by atoms with Crippen LogP contribution in [0.1, 0.15) is 40.4 Å². The predicted octanol–water partition coefficient (Wildman–Crippen LogP) is 3.38. The van der Waals surface area contributed by atoms with Gasteiger partial charge in [-0.3, -0.25) is 4.79 Å². The van der Waals surface area contributed by atoms with Crippen molar-refractivity contribution in [1.29, 1.82) is 0 Å². The van der Waals surface area contributed by atoms with Crippen molar-refractivity contribution in [1.82, 2.24) is 4.98 Å². The van der Waals surface area contributed by atoms with Gasteiger partial charge >= 0.3 is 5.97 Å². The molecule has 0 atom stereocenters. The second-order valence-electron chi connectivity index (χ2n) is 5.79. The highest BCUT2D eigenvalue weighted by molar-refractivity contribution is 6.04. The number of aryl methyl sites for hydroxylation is 1. The van der Waals surface area contributed by atoms with Crippen molar-refractivity contribution in [3.63, 3.8) is 0 Å². The first kappa shape index (κ1) is 17.5. The van der Waals surface area contributed by atoms with Crippen LogP contribution in [0.5, 0.6) is 5.75 Å². The van der Waals surface area contributed by atoms with Gasteiger partial charge in [-0.15, -0.1) is 0 Å². The van der Waals surface area contributed by atoms with Gasteiger partial charge in [-0.2, -0.15) is 0 Å². The van der Waals surface area contributed by atoms with Crippen LogP contribution in [-0.2, 0) is 0 Å². The first-order chi connectivity index (χ1) is 11.4. The third-order valence-electron chi connectivity index (χ3n) is 3.26. The largest absolute Gasteiger partial charge is 0.491 e.